The van der Waals surface area contributed by atoms with Crippen molar-refractivity contribution in [3.8, 4) is 0 Å². The summed E-state index contributed by atoms with van der Waals surface area (Å²) in [6.07, 6.45) is -0.468. The minimum atomic E-state index is -1.25. The zero-order valence-electron chi connectivity index (χ0n) is 9.80. The molecule has 1 atom stereocenters. The van der Waals surface area contributed by atoms with E-state index in [0.717, 1.165) is 3.57 Å². The van der Waals surface area contributed by atoms with Crippen LogP contribution in [0.5, 0.6) is 0 Å². The van der Waals surface area contributed by atoms with Gasteiger partial charge in [0.1, 0.15) is 6.04 Å². The average molecular weight is 377 g/mol. The molecule has 1 aromatic rings. The van der Waals surface area contributed by atoms with Gasteiger partial charge >= 0.3 is 11.9 Å². The van der Waals surface area contributed by atoms with Crippen molar-refractivity contribution in [2.75, 3.05) is 0 Å². The summed E-state index contributed by atoms with van der Waals surface area (Å²) in [4.78, 5) is 33.1. The van der Waals surface area contributed by atoms with Crippen LogP contribution in [0.1, 0.15) is 23.2 Å². The highest BCUT2D eigenvalue weighted by atomic mass is 127. The lowest BCUT2D eigenvalue weighted by molar-refractivity contribution is -0.140. The third kappa shape index (κ3) is 5.25. The Morgan fingerprint density at radius 2 is 1.74 bits per heavy atom. The Balaban J connectivity index is 2.68. The summed E-state index contributed by atoms with van der Waals surface area (Å²) in [5.74, 6) is -2.89. The first-order chi connectivity index (χ1) is 8.90. The second-order valence-electron chi connectivity index (χ2n) is 3.80. The van der Waals surface area contributed by atoms with Crippen LogP contribution in [0.4, 0.5) is 0 Å². The van der Waals surface area contributed by atoms with Crippen molar-refractivity contribution in [3.63, 3.8) is 0 Å². The molecule has 0 aliphatic carbocycles. The molecule has 3 N–H and O–H groups in total. The molecular weight excluding hydrogens is 365 g/mol. The van der Waals surface area contributed by atoms with Crippen LogP contribution in [0.3, 0.4) is 0 Å². The van der Waals surface area contributed by atoms with Gasteiger partial charge in [0.05, 0.1) is 0 Å². The fraction of sp³-hybridized carbons (Fsp3) is 0.250. The highest BCUT2D eigenvalue weighted by molar-refractivity contribution is 14.1. The second kappa shape index (κ2) is 7.07. The van der Waals surface area contributed by atoms with E-state index in [4.69, 9.17) is 10.2 Å². The highest BCUT2D eigenvalue weighted by Crippen LogP contribution is 2.07. The van der Waals surface area contributed by atoms with Crippen molar-refractivity contribution in [1.82, 2.24) is 5.32 Å². The maximum atomic E-state index is 11.8. The Hall–Kier alpha value is -1.64. The number of carbonyl (C=O) groups is 3. The normalized spacial score (nSPS) is 11.6. The first-order valence-corrected chi connectivity index (χ1v) is 6.49. The first kappa shape index (κ1) is 15.4. The van der Waals surface area contributed by atoms with Gasteiger partial charge in [-0.1, -0.05) is 0 Å². The maximum Gasteiger partial charge on any atom is 0.326 e. The number of rotatable bonds is 6. The van der Waals surface area contributed by atoms with Crippen molar-refractivity contribution in [1.29, 1.82) is 0 Å². The van der Waals surface area contributed by atoms with Crippen LogP contribution < -0.4 is 5.32 Å². The first-order valence-electron chi connectivity index (χ1n) is 5.41. The SMILES string of the molecule is O=C(O)CC[C@H](NC(=O)c1ccc(I)cc1)C(=O)O. The van der Waals surface area contributed by atoms with Gasteiger partial charge in [-0.2, -0.15) is 0 Å². The van der Waals surface area contributed by atoms with Gasteiger partial charge in [-0.05, 0) is 53.3 Å². The van der Waals surface area contributed by atoms with Crippen molar-refractivity contribution in [2.24, 2.45) is 0 Å². The largest absolute Gasteiger partial charge is 0.481 e. The van der Waals surface area contributed by atoms with Gasteiger partial charge in [0.15, 0.2) is 0 Å². The van der Waals surface area contributed by atoms with Gasteiger partial charge in [-0.15, -0.1) is 0 Å². The minimum absolute atomic E-state index is 0.152. The number of nitrogens with one attached hydrogen (secondary N) is 1. The van der Waals surface area contributed by atoms with E-state index in [9.17, 15) is 14.4 Å². The number of hydrogen-bond acceptors (Lipinski definition) is 3. The molecular formula is C12H12INO5. The number of carbonyl (C=O) groups excluding carboxylic acids is 1. The van der Waals surface area contributed by atoms with Gasteiger partial charge in [0.2, 0.25) is 0 Å². The molecule has 0 fully saturated rings. The van der Waals surface area contributed by atoms with Crippen LogP contribution in [-0.2, 0) is 9.59 Å². The molecule has 0 unspecified atom stereocenters. The Morgan fingerprint density at radius 3 is 2.21 bits per heavy atom. The van der Waals surface area contributed by atoms with E-state index in [1.165, 1.54) is 0 Å². The summed E-state index contributed by atoms with van der Waals surface area (Å²) in [6, 6.07) is 5.40. The molecule has 7 heteroatoms. The molecule has 102 valence electrons. The molecule has 1 aromatic carbocycles. The smallest absolute Gasteiger partial charge is 0.326 e. The van der Waals surface area contributed by atoms with E-state index in [1.54, 1.807) is 24.3 Å². The van der Waals surface area contributed by atoms with E-state index in [0.29, 0.717) is 5.56 Å². The quantitative estimate of drug-likeness (QED) is 0.650. The monoisotopic (exact) mass is 377 g/mol. The van der Waals surface area contributed by atoms with Gasteiger partial charge in [0, 0.05) is 15.6 Å². The number of amides is 1. The van der Waals surface area contributed by atoms with E-state index < -0.39 is 23.9 Å². The molecule has 0 heterocycles. The average Bonchev–Trinajstić information content (AvgIpc) is 2.34. The Morgan fingerprint density at radius 1 is 1.16 bits per heavy atom. The fourth-order valence-electron chi connectivity index (χ4n) is 1.37. The zero-order valence-corrected chi connectivity index (χ0v) is 12.0. The number of halogens is 1. The lowest BCUT2D eigenvalue weighted by Crippen LogP contribution is -2.41. The highest BCUT2D eigenvalue weighted by Gasteiger charge is 2.21. The fourth-order valence-corrected chi connectivity index (χ4v) is 1.73. The second-order valence-corrected chi connectivity index (χ2v) is 5.05. The molecule has 6 nitrogen and oxygen atoms in total. The third-order valence-corrected chi connectivity index (χ3v) is 3.08. The van der Waals surface area contributed by atoms with E-state index >= 15 is 0 Å². The van der Waals surface area contributed by atoms with E-state index in [-0.39, 0.29) is 12.8 Å². The van der Waals surface area contributed by atoms with Gasteiger partial charge in [-0.3, -0.25) is 9.59 Å². The van der Waals surface area contributed by atoms with Crippen molar-refractivity contribution in [2.45, 2.75) is 18.9 Å². The molecule has 0 aliphatic heterocycles. The molecule has 0 aliphatic rings. The lowest BCUT2D eigenvalue weighted by Gasteiger charge is -2.13. The number of carboxylic acids is 2. The Labute approximate surface area is 123 Å². The van der Waals surface area contributed by atoms with Crippen molar-refractivity contribution < 1.29 is 24.6 Å². The third-order valence-electron chi connectivity index (χ3n) is 2.36. The van der Waals surface area contributed by atoms with Crippen LogP contribution in [0.2, 0.25) is 0 Å². The summed E-state index contributed by atoms with van der Waals surface area (Å²) < 4.78 is 0.954. The van der Waals surface area contributed by atoms with Gasteiger partial charge < -0.3 is 15.5 Å². The van der Waals surface area contributed by atoms with E-state index in [1.807, 2.05) is 0 Å². The summed E-state index contributed by atoms with van der Waals surface area (Å²) in [7, 11) is 0. The Kier molecular flexibility index (Phi) is 5.74. The number of hydrogen-bond donors (Lipinski definition) is 3. The molecule has 0 saturated carbocycles. The molecule has 1 rings (SSSR count). The topological polar surface area (TPSA) is 104 Å². The summed E-state index contributed by atoms with van der Waals surface area (Å²) >= 11 is 2.09. The standard InChI is InChI=1S/C12H12INO5/c13-8-3-1-7(2-4-8)11(17)14-9(12(18)19)5-6-10(15)16/h1-4,9H,5-6H2,(H,14,17)(H,15,16)(H,18,19)/t9-/m0/s1. The Bertz CT molecular complexity index is 485. The predicted octanol–water partition coefficient (Wildman–Crippen LogP) is 1.34. The molecule has 1 amide bonds. The number of benzene rings is 1. The van der Waals surface area contributed by atoms with Crippen LogP contribution in [-0.4, -0.2) is 34.1 Å². The molecule has 0 radical (unpaired) electrons. The number of aliphatic carboxylic acids is 2. The van der Waals surface area contributed by atoms with Crippen LogP contribution in [0.25, 0.3) is 0 Å². The summed E-state index contributed by atoms with van der Waals surface area (Å²) in [6.45, 7) is 0. The van der Waals surface area contributed by atoms with Crippen molar-refractivity contribution >= 4 is 40.4 Å². The maximum absolute atomic E-state index is 11.8. The van der Waals surface area contributed by atoms with Crippen molar-refractivity contribution in [3.05, 3.63) is 33.4 Å². The molecule has 0 aromatic heterocycles. The van der Waals surface area contributed by atoms with Gasteiger partial charge in [-0.25, -0.2) is 4.79 Å². The lowest BCUT2D eigenvalue weighted by atomic mass is 10.1. The molecule has 19 heavy (non-hydrogen) atoms. The molecule has 0 spiro atoms. The predicted molar refractivity (Wildman–Crippen MR) is 74.9 cm³/mol. The zero-order chi connectivity index (χ0) is 14.4. The minimum Gasteiger partial charge on any atom is -0.481 e. The summed E-state index contributed by atoms with van der Waals surface area (Å²) in [5.41, 5.74) is 0.335. The van der Waals surface area contributed by atoms with Gasteiger partial charge in [0.25, 0.3) is 5.91 Å². The van der Waals surface area contributed by atoms with Crippen LogP contribution in [0.15, 0.2) is 24.3 Å². The summed E-state index contributed by atoms with van der Waals surface area (Å²) in [5, 5.41) is 19.7. The molecule has 0 bridgehead atoms. The number of carboxylic acid groups (broad SMARTS) is 2. The molecule has 0 saturated heterocycles. The van der Waals surface area contributed by atoms with E-state index in [2.05, 4.69) is 27.9 Å². The van der Waals surface area contributed by atoms with Crippen LogP contribution >= 0.6 is 22.6 Å². The van der Waals surface area contributed by atoms with Crippen LogP contribution in [0, 0.1) is 3.57 Å².